The van der Waals surface area contributed by atoms with Crippen molar-refractivity contribution < 1.29 is 8.78 Å². The Morgan fingerprint density at radius 3 is 2.32 bits per heavy atom. The molecule has 0 bridgehead atoms. The third-order valence-corrected chi connectivity index (χ3v) is 3.19. The number of nitrogens with zero attached hydrogens (tertiary/aromatic N) is 3. The Morgan fingerprint density at radius 2 is 1.79 bits per heavy atom. The Bertz CT molecular complexity index is 582. The monoisotopic (exact) mass is 327 g/mol. The summed E-state index contributed by atoms with van der Waals surface area (Å²) in [5.41, 5.74) is 2.49. The molecule has 6 heteroatoms. The predicted molar refractivity (Wildman–Crippen MR) is 72.3 cm³/mol. The van der Waals surface area contributed by atoms with E-state index in [1.807, 2.05) is 13.8 Å². The Balaban J connectivity index is 2.53. The number of halogens is 3. The summed E-state index contributed by atoms with van der Waals surface area (Å²) in [6.07, 6.45) is -1.18. The summed E-state index contributed by atoms with van der Waals surface area (Å²) in [6.45, 7) is 3.69. The molecule has 0 spiro atoms. The van der Waals surface area contributed by atoms with E-state index < -0.39 is 6.43 Å². The van der Waals surface area contributed by atoms with Gasteiger partial charge >= 0.3 is 0 Å². The van der Waals surface area contributed by atoms with Gasteiger partial charge in [0.1, 0.15) is 5.69 Å². The molecule has 2 aromatic rings. The van der Waals surface area contributed by atoms with Gasteiger partial charge in [-0.25, -0.2) is 18.7 Å². The summed E-state index contributed by atoms with van der Waals surface area (Å²) in [7, 11) is 0. The molecule has 0 unspecified atom stereocenters. The summed E-state index contributed by atoms with van der Waals surface area (Å²) in [5, 5.41) is 0.307. The van der Waals surface area contributed by atoms with Crippen molar-refractivity contribution in [1.29, 1.82) is 0 Å². The Labute approximate surface area is 118 Å². The van der Waals surface area contributed by atoms with Gasteiger partial charge in [0.25, 0.3) is 6.43 Å². The molecule has 19 heavy (non-hydrogen) atoms. The lowest BCUT2D eigenvalue weighted by Gasteiger charge is -2.08. The molecular formula is C13H12BrF2N3. The van der Waals surface area contributed by atoms with Gasteiger partial charge in [-0.15, -0.1) is 0 Å². The SMILES string of the molecule is Cc1cc(-c2ncc(CBr)c(C(F)F)n2)cc(C)n1. The molecule has 0 atom stereocenters. The van der Waals surface area contributed by atoms with Crippen LogP contribution in [0.5, 0.6) is 0 Å². The van der Waals surface area contributed by atoms with Crippen molar-refractivity contribution in [2.24, 2.45) is 0 Å². The average molecular weight is 328 g/mol. The number of alkyl halides is 3. The Hall–Kier alpha value is -1.43. The van der Waals surface area contributed by atoms with Crippen molar-refractivity contribution in [2.45, 2.75) is 25.6 Å². The Kier molecular flexibility index (Phi) is 4.19. The number of pyridine rings is 1. The molecule has 0 saturated heterocycles. The standard InChI is InChI=1S/C13H12BrF2N3/c1-7-3-9(4-8(2)18-7)13-17-6-10(5-14)11(19-13)12(15)16/h3-4,6,12H,5H2,1-2H3. The van der Waals surface area contributed by atoms with E-state index in [0.29, 0.717) is 22.3 Å². The van der Waals surface area contributed by atoms with Crippen LogP contribution in [0.1, 0.15) is 29.1 Å². The minimum atomic E-state index is -2.61. The molecule has 0 aliphatic heterocycles. The lowest BCUT2D eigenvalue weighted by molar-refractivity contribution is 0.145. The van der Waals surface area contributed by atoms with Crippen molar-refractivity contribution >= 4 is 15.9 Å². The van der Waals surface area contributed by atoms with Crippen LogP contribution in [0.4, 0.5) is 8.78 Å². The van der Waals surface area contributed by atoms with E-state index in [0.717, 1.165) is 11.4 Å². The molecule has 100 valence electrons. The zero-order valence-corrected chi connectivity index (χ0v) is 12.1. The molecule has 0 aliphatic carbocycles. The van der Waals surface area contributed by atoms with Gasteiger partial charge in [0, 0.05) is 34.0 Å². The van der Waals surface area contributed by atoms with Crippen molar-refractivity contribution in [3.8, 4) is 11.4 Å². The first-order valence-electron chi connectivity index (χ1n) is 5.67. The lowest BCUT2D eigenvalue weighted by Crippen LogP contribution is -2.01. The van der Waals surface area contributed by atoms with Crippen LogP contribution in [0.15, 0.2) is 18.3 Å². The van der Waals surface area contributed by atoms with E-state index >= 15 is 0 Å². The number of hydrogen-bond donors (Lipinski definition) is 0. The van der Waals surface area contributed by atoms with Gasteiger partial charge in [0.15, 0.2) is 5.82 Å². The highest BCUT2D eigenvalue weighted by atomic mass is 79.9. The minimum Gasteiger partial charge on any atom is -0.258 e. The van der Waals surface area contributed by atoms with Crippen molar-refractivity contribution in [1.82, 2.24) is 15.0 Å². The number of rotatable bonds is 3. The molecule has 2 rings (SSSR count). The molecule has 2 aromatic heterocycles. The zero-order valence-electron chi connectivity index (χ0n) is 10.5. The van der Waals surface area contributed by atoms with Crippen LogP contribution in [-0.4, -0.2) is 15.0 Å². The quantitative estimate of drug-likeness (QED) is 0.800. The van der Waals surface area contributed by atoms with Gasteiger partial charge in [-0.1, -0.05) is 15.9 Å². The fourth-order valence-corrected chi connectivity index (χ4v) is 2.25. The first-order valence-corrected chi connectivity index (χ1v) is 6.79. The average Bonchev–Trinajstić information content (AvgIpc) is 2.36. The topological polar surface area (TPSA) is 38.7 Å². The van der Waals surface area contributed by atoms with Crippen molar-refractivity contribution in [2.75, 3.05) is 0 Å². The second kappa shape index (κ2) is 5.69. The van der Waals surface area contributed by atoms with E-state index in [-0.39, 0.29) is 5.69 Å². The first-order chi connectivity index (χ1) is 9.01. The van der Waals surface area contributed by atoms with Gasteiger partial charge in [-0.05, 0) is 26.0 Å². The molecular weight excluding hydrogens is 316 g/mol. The molecule has 0 amide bonds. The zero-order chi connectivity index (χ0) is 14.0. The van der Waals surface area contributed by atoms with Crippen molar-refractivity contribution in [3.05, 3.63) is 41.0 Å². The lowest BCUT2D eigenvalue weighted by atomic mass is 10.1. The van der Waals surface area contributed by atoms with Gasteiger partial charge in [-0.3, -0.25) is 4.98 Å². The summed E-state index contributed by atoms with van der Waals surface area (Å²) in [4.78, 5) is 12.4. The van der Waals surface area contributed by atoms with Gasteiger partial charge in [0.2, 0.25) is 0 Å². The molecule has 0 radical (unpaired) electrons. The van der Waals surface area contributed by atoms with Crippen LogP contribution >= 0.6 is 15.9 Å². The number of hydrogen-bond acceptors (Lipinski definition) is 3. The summed E-state index contributed by atoms with van der Waals surface area (Å²) < 4.78 is 25.9. The van der Waals surface area contributed by atoms with Gasteiger partial charge in [-0.2, -0.15) is 0 Å². The first kappa shape index (κ1) is 14.0. The van der Waals surface area contributed by atoms with Crippen LogP contribution < -0.4 is 0 Å². The number of aromatic nitrogens is 3. The van der Waals surface area contributed by atoms with Gasteiger partial charge < -0.3 is 0 Å². The summed E-state index contributed by atoms with van der Waals surface area (Å²) in [5.74, 6) is 0.300. The molecule has 0 aromatic carbocycles. The van der Waals surface area contributed by atoms with Crippen molar-refractivity contribution in [3.63, 3.8) is 0 Å². The molecule has 0 N–H and O–H groups in total. The van der Waals surface area contributed by atoms with Crippen LogP contribution in [-0.2, 0) is 5.33 Å². The van der Waals surface area contributed by atoms with E-state index in [2.05, 4.69) is 30.9 Å². The summed E-state index contributed by atoms with van der Waals surface area (Å²) >= 11 is 3.16. The fraction of sp³-hybridized carbons (Fsp3) is 0.308. The maximum Gasteiger partial charge on any atom is 0.280 e. The third kappa shape index (κ3) is 3.12. The van der Waals surface area contributed by atoms with Crippen LogP contribution in [0.3, 0.4) is 0 Å². The maximum absolute atomic E-state index is 12.9. The minimum absolute atomic E-state index is 0.228. The maximum atomic E-state index is 12.9. The highest BCUT2D eigenvalue weighted by molar-refractivity contribution is 9.08. The molecule has 3 nitrogen and oxygen atoms in total. The van der Waals surface area contributed by atoms with E-state index in [1.54, 1.807) is 12.1 Å². The molecule has 2 heterocycles. The van der Waals surface area contributed by atoms with E-state index in [4.69, 9.17) is 0 Å². The smallest absolute Gasteiger partial charge is 0.258 e. The van der Waals surface area contributed by atoms with Crippen LogP contribution in [0, 0.1) is 13.8 Å². The highest BCUT2D eigenvalue weighted by Crippen LogP contribution is 2.25. The van der Waals surface area contributed by atoms with E-state index in [9.17, 15) is 8.78 Å². The predicted octanol–water partition coefficient (Wildman–Crippen LogP) is 3.99. The van der Waals surface area contributed by atoms with E-state index in [1.165, 1.54) is 6.20 Å². The summed E-state index contributed by atoms with van der Waals surface area (Å²) in [6, 6.07) is 3.57. The van der Waals surface area contributed by atoms with Crippen LogP contribution in [0.2, 0.25) is 0 Å². The second-order valence-electron chi connectivity index (χ2n) is 4.18. The third-order valence-electron chi connectivity index (χ3n) is 2.59. The largest absolute Gasteiger partial charge is 0.280 e. The fourth-order valence-electron chi connectivity index (χ4n) is 1.81. The van der Waals surface area contributed by atoms with Gasteiger partial charge in [0.05, 0.1) is 0 Å². The second-order valence-corrected chi connectivity index (χ2v) is 4.74. The van der Waals surface area contributed by atoms with Crippen LogP contribution in [0.25, 0.3) is 11.4 Å². The molecule has 0 aliphatic rings. The number of aryl methyl sites for hydroxylation is 2. The molecule has 0 fully saturated rings. The molecule has 0 saturated carbocycles. The normalized spacial score (nSPS) is 11.1. The Morgan fingerprint density at radius 1 is 1.16 bits per heavy atom. The highest BCUT2D eigenvalue weighted by Gasteiger charge is 2.16.